The van der Waals surface area contributed by atoms with Gasteiger partial charge in [0.15, 0.2) is 0 Å². The van der Waals surface area contributed by atoms with Crippen LogP contribution in [0, 0.1) is 6.92 Å². The van der Waals surface area contributed by atoms with Crippen LogP contribution in [0.1, 0.15) is 31.0 Å². The molecular formula is C13H19NO2S. The van der Waals surface area contributed by atoms with Crippen LogP contribution < -0.4 is 0 Å². The van der Waals surface area contributed by atoms with Crippen molar-refractivity contribution >= 4 is 17.4 Å². The van der Waals surface area contributed by atoms with Crippen LogP contribution in [0.4, 0.5) is 0 Å². The Kier molecular flexibility index (Phi) is 5.05. The molecule has 2 atom stereocenters. The number of rotatable bonds is 5. The Balaban J connectivity index is 2.66. The molecule has 0 aliphatic rings. The van der Waals surface area contributed by atoms with E-state index in [1.165, 1.54) is 0 Å². The smallest absolute Gasteiger partial charge is 0.0901 e. The molecule has 1 heterocycles. The first-order valence-electron chi connectivity index (χ1n) is 5.52. The average Bonchev–Trinajstić information content (AvgIpc) is 2.63. The maximum Gasteiger partial charge on any atom is 0.0901 e. The third-order valence-electron chi connectivity index (χ3n) is 2.55. The van der Waals surface area contributed by atoms with Crippen molar-refractivity contribution in [2.75, 3.05) is 0 Å². The number of aliphatic hydroxyl groups is 2. The molecule has 0 aromatic carbocycles. The lowest BCUT2D eigenvalue weighted by molar-refractivity contribution is 0.121. The van der Waals surface area contributed by atoms with Gasteiger partial charge in [0.05, 0.1) is 22.9 Å². The summed E-state index contributed by atoms with van der Waals surface area (Å²) < 4.78 is 0. The number of nitrogens with zero attached hydrogens (tertiary/aromatic N) is 1. The molecule has 1 rings (SSSR count). The molecule has 0 aliphatic heterocycles. The minimum absolute atomic E-state index is 0.279. The Labute approximate surface area is 106 Å². The van der Waals surface area contributed by atoms with Gasteiger partial charge in [-0.15, -0.1) is 11.3 Å². The molecule has 4 heteroatoms. The topological polar surface area (TPSA) is 53.4 Å². The summed E-state index contributed by atoms with van der Waals surface area (Å²) in [5.74, 6) is 0. The third-order valence-corrected chi connectivity index (χ3v) is 3.35. The monoisotopic (exact) mass is 253 g/mol. The van der Waals surface area contributed by atoms with Crippen LogP contribution in [0.15, 0.2) is 23.1 Å². The molecule has 1 unspecified atom stereocenters. The number of aryl methyl sites for hydroxylation is 1. The fraction of sp³-hybridized carbons (Fsp3) is 0.462. The van der Waals surface area contributed by atoms with Crippen LogP contribution in [0.5, 0.6) is 0 Å². The van der Waals surface area contributed by atoms with Gasteiger partial charge in [-0.2, -0.15) is 0 Å². The number of thiazole rings is 1. The van der Waals surface area contributed by atoms with Crippen molar-refractivity contribution in [3.8, 4) is 0 Å². The second-order valence-corrected chi connectivity index (χ2v) is 5.36. The van der Waals surface area contributed by atoms with E-state index in [9.17, 15) is 10.2 Å². The highest BCUT2D eigenvalue weighted by atomic mass is 32.1. The maximum absolute atomic E-state index is 9.91. The van der Waals surface area contributed by atoms with Crippen LogP contribution in [0.3, 0.4) is 0 Å². The standard InChI is InChI=1S/C13H19NO2S/c1-8(2)12(15)6-13(16)9(3)5-11-7-17-10(4)14-11/h5,7,12-13,15-16H,1,6H2,2-4H3/b9-5+/t12?,13-/m0/s1. The van der Waals surface area contributed by atoms with E-state index < -0.39 is 12.2 Å². The summed E-state index contributed by atoms with van der Waals surface area (Å²) in [4.78, 5) is 4.30. The molecule has 0 aliphatic carbocycles. The minimum Gasteiger partial charge on any atom is -0.389 e. The molecular weight excluding hydrogens is 234 g/mol. The van der Waals surface area contributed by atoms with Crippen LogP contribution in [-0.2, 0) is 0 Å². The lowest BCUT2D eigenvalue weighted by Crippen LogP contribution is -2.19. The molecule has 0 fully saturated rings. The van der Waals surface area contributed by atoms with E-state index in [0.717, 1.165) is 16.3 Å². The molecule has 0 amide bonds. The zero-order valence-corrected chi connectivity index (χ0v) is 11.3. The highest BCUT2D eigenvalue weighted by Crippen LogP contribution is 2.17. The molecule has 0 radical (unpaired) electrons. The molecule has 1 aromatic rings. The van der Waals surface area contributed by atoms with Crippen LogP contribution in [0.2, 0.25) is 0 Å². The summed E-state index contributed by atoms with van der Waals surface area (Å²) in [6.45, 7) is 9.19. The van der Waals surface area contributed by atoms with Gasteiger partial charge in [-0.3, -0.25) is 0 Å². The van der Waals surface area contributed by atoms with E-state index in [1.54, 1.807) is 18.3 Å². The summed E-state index contributed by atoms with van der Waals surface area (Å²) >= 11 is 1.58. The zero-order chi connectivity index (χ0) is 13.0. The lowest BCUT2D eigenvalue weighted by atomic mass is 10.0. The quantitative estimate of drug-likeness (QED) is 0.793. The molecule has 17 heavy (non-hydrogen) atoms. The van der Waals surface area contributed by atoms with E-state index in [4.69, 9.17) is 0 Å². The molecule has 0 saturated carbocycles. The minimum atomic E-state index is -0.663. The SMILES string of the molecule is C=C(C)C(O)C[C@H](O)/C(C)=C/c1csc(C)n1. The van der Waals surface area contributed by atoms with Gasteiger partial charge in [0, 0.05) is 11.8 Å². The van der Waals surface area contributed by atoms with E-state index in [1.807, 2.05) is 25.3 Å². The predicted octanol–water partition coefficient (Wildman–Crippen LogP) is 2.54. The molecule has 1 aromatic heterocycles. The van der Waals surface area contributed by atoms with Gasteiger partial charge in [-0.1, -0.05) is 12.2 Å². The zero-order valence-electron chi connectivity index (χ0n) is 10.5. The second kappa shape index (κ2) is 6.10. The Morgan fingerprint density at radius 2 is 2.12 bits per heavy atom. The fourth-order valence-corrected chi connectivity index (χ4v) is 1.94. The number of aromatic nitrogens is 1. The van der Waals surface area contributed by atoms with Crippen LogP contribution in [-0.4, -0.2) is 27.4 Å². The van der Waals surface area contributed by atoms with E-state index in [0.29, 0.717) is 5.57 Å². The summed E-state index contributed by atoms with van der Waals surface area (Å²) in [6.07, 6.45) is 0.800. The Morgan fingerprint density at radius 1 is 1.47 bits per heavy atom. The van der Waals surface area contributed by atoms with Crippen molar-refractivity contribution in [3.05, 3.63) is 33.8 Å². The van der Waals surface area contributed by atoms with Gasteiger partial charge < -0.3 is 10.2 Å². The number of hydrogen-bond acceptors (Lipinski definition) is 4. The first-order chi connectivity index (χ1) is 7.90. The van der Waals surface area contributed by atoms with Crippen molar-refractivity contribution in [2.24, 2.45) is 0 Å². The highest BCUT2D eigenvalue weighted by Gasteiger charge is 2.14. The van der Waals surface area contributed by atoms with Crippen molar-refractivity contribution in [1.82, 2.24) is 4.98 Å². The second-order valence-electron chi connectivity index (χ2n) is 4.29. The molecule has 0 saturated heterocycles. The molecule has 0 bridgehead atoms. The van der Waals surface area contributed by atoms with Gasteiger partial charge in [0.2, 0.25) is 0 Å². The van der Waals surface area contributed by atoms with Crippen molar-refractivity contribution in [2.45, 2.75) is 39.4 Å². The normalized spacial score (nSPS) is 15.7. The predicted molar refractivity (Wildman–Crippen MR) is 71.9 cm³/mol. The summed E-state index contributed by atoms with van der Waals surface area (Å²) in [6, 6.07) is 0. The molecule has 94 valence electrons. The first-order valence-corrected chi connectivity index (χ1v) is 6.40. The number of aliphatic hydroxyl groups excluding tert-OH is 2. The van der Waals surface area contributed by atoms with Gasteiger partial charge in [-0.05, 0) is 32.4 Å². The summed E-state index contributed by atoms with van der Waals surface area (Å²) in [5, 5.41) is 22.5. The molecule has 0 spiro atoms. The first kappa shape index (κ1) is 14.1. The number of hydrogen-bond donors (Lipinski definition) is 2. The third kappa shape index (κ3) is 4.42. The lowest BCUT2D eigenvalue weighted by Gasteiger charge is -2.16. The van der Waals surface area contributed by atoms with E-state index in [2.05, 4.69) is 11.6 Å². The van der Waals surface area contributed by atoms with Crippen molar-refractivity contribution in [3.63, 3.8) is 0 Å². The van der Waals surface area contributed by atoms with Gasteiger partial charge in [0.1, 0.15) is 0 Å². The highest BCUT2D eigenvalue weighted by molar-refractivity contribution is 7.09. The maximum atomic E-state index is 9.91. The summed E-state index contributed by atoms with van der Waals surface area (Å²) in [7, 11) is 0. The van der Waals surface area contributed by atoms with E-state index in [-0.39, 0.29) is 6.42 Å². The largest absolute Gasteiger partial charge is 0.389 e. The average molecular weight is 253 g/mol. The van der Waals surface area contributed by atoms with Crippen molar-refractivity contribution in [1.29, 1.82) is 0 Å². The van der Waals surface area contributed by atoms with Crippen molar-refractivity contribution < 1.29 is 10.2 Å². The van der Waals surface area contributed by atoms with Crippen LogP contribution >= 0.6 is 11.3 Å². The van der Waals surface area contributed by atoms with Gasteiger partial charge >= 0.3 is 0 Å². The van der Waals surface area contributed by atoms with E-state index >= 15 is 0 Å². The van der Waals surface area contributed by atoms with Gasteiger partial charge in [0.25, 0.3) is 0 Å². The fourth-order valence-electron chi connectivity index (χ4n) is 1.37. The Hall–Kier alpha value is -0.970. The van der Waals surface area contributed by atoms with Crippen LogP contribution in [0.25, 0.3) is 6.08 Å². The Bertz CT molecular complexity index is 423. The van der Waals surface area contributed by atoms with Gasteiger partial charge in [-0.25, -0.2) is 4.98 Å². The molecule has 2 N–H and O–H groups in total. The Morgan fingerprint density at radius 3 is 2.59 bits per heavy atom. The summed E-state index contributed by atoms with van der Waals surface area (Å²) in [5.41, 5.74) is 2.32. The molecule has 3 nitrogen and oxygen atoms in total.